The van der Waals surface area contributed by atoms with Gasteiger partial charge < -0.3 is 4.90 Å². The number of fused-ring (bicyclic) bond motifs is 1. The number of carbonyl (C=O) groups excluding carboxylic acids is 1. The second kappa shape index (κ2) is 13.7. The van der Waals surface area contributed by atoms with E-state index in [1.54, 1.807) is 33.7 Å². The van der Waals surface area contributed by atoms with Gasteiger partial charge in [0.05, 0.1) is 27.6 Å². The molecule has 222 valence electrons. The van der Waals surface area contributed by atoms with Crippen molar-refractivity contribution >= 4 is 28.6 Å². The van der Waals surface area contributed by atoms with Crippen molar-refractivity contribution in [3.05, 3.63) is 152 Å². The maximum Gasteiger partial charge on any atom is 0.269 e. The zero-order valence-corrected chi connectivity index (χ0v) is 24.8. The molecule has 0 spiro atoms. The van der Waals surface area contributed by atoms with E-state index in [4.69, 9.17) is 4.98 Å². The number of para-hydroxylation sites is 1. The molecule has 0 saturated heterocycles. The maximum absolute atomic E-state index is 14.0. The van der Waals surface area contributed by atoms with E-state index in [-0.39, 0.29) is 17.2 Å². The molecule has 1 unspecified atom stereocenters. The van der Waals surface area contributed by atoms with Crippen molar-refractivity contribution in [3.8, 4) is 5.69 Å². The molecular weight excluding hydrogens is 552 g/mol. The molecule has 8 heteroatoms. The predicted octanol–water partition coefficient (Wildman–Crippen LogP) is 7.09. The van der Waals surface area contributed by atoms with Crippen molar-refractivity contribution in [2.45, 2.75) is 39.2 Å². The van der Waals surface area contributed by atoms with Gasteiger partial charge in [0, 0.05) is 24.8 Å². The molecular formula is C36H34N4O4. The van der Waals surface area contributed by atoms with E-state index >= 15 is 0 Å². The molecule has 0 aliphatic carbocycles. The van der Waals surface area contributed by atoms with Crippen LogP contribution in [0.3, 0.4) is 0 Å². The van der Waals surface area contributed by atoms with Crippen LogP contribution in [0.2, 0.25) is 0 Å². The largest absolute Gasteiger partial charge is 0.329 e. The number of nitro groups is 1. The van der Waals surface area contributed by atoms with Gasteiger partial charge in [-0.2, -0.15) is 0 Å². The lowest BCUT2D eigenvalue weighted by Gasteiger charge is -2.32. The predicted molar refractivity (Wildman–Crippen MR) is 174 cm³/mol. The van der Waals surface area contributed by atoms with Gasteiger partial charge in [0.2, 0.25) is 5.91 Å². The Kier molecular flexibility index (Phi) is 9.40. The average Bonchev–Trinajstić information content (AvgIpc) is 3.06. The van der Waals surface area contributed by atoms with Crippen LogP contribution in [0.25, 0.3) is 22.7 Å². The molecule has 1 heterocycles. The zero-order chi connectivity index (χ0) is 31.1. The lowest BCUT2D eigenvalue weighted by atomic mass is 10.1. The molecule has 0 fully saturated rings. The number of aromatic nitrogens is 2. The van der Waals surface area contributed by atoms with Gasteiger partial charge in [0.1, 0.15) is 5.82 Å². The summed E-state index contributed by atoms with van der Waals surface area (Å²) in [4.78, 5) is 45.4. The molecule has 5 rings (SSSR count). The summed E-state index contributed by atoms with van der Waals surface area (Å²) in [6.07, 6.45) is 5.13. The molecule has 8 nitrogen and oxygen atoms in total. The first-order chi connectivity index (χ1) is 21.4. The first kappa shape index (κ1) is 30.1. The number of non-ortho nitro benzene ring substituents is 1. The normalized spacial score (nSPS) is 12.0. The Balaban J connectivity index is 1.60. The SMILES string of the molecule is CCc1ccc(-n2c(C(CC)N(CCc3ccccc3)C(=O)/C=C/c3ccc([N+](=O)[O-])cc3)nc3ccccc3c2=O)cc1. The first-order valence-electron chi connectivity index (χ1n) is 14.8. The van der Waals surface area contributed by atoms with Crippen LogP contribution in [0.1, 0.15) is 48.8 Å². The molecule has 5 aromatic rings. The summed E-state index contributed by atoms with van der Waals surface area (Å²) in [6.45, 7) is 4.46. The molecule has 0 aliphatic heterocycles. The lowest BCUT2D eigenvalue weighted by Crippen LogP contribution is -2.39. The van der Waals surface area contributed by atoms with Gasteiger partial charge in [-0.3, -0.25) is 24.3 Å². The number of rotatable bonds is 11. The number of amides is 1. The van der Waals surface area contributed by atoms with Crippen LogP contribution in [-0.4, -0.2) is 31.8 Å². The minimum Gasteiger partial charge on any atom is -0.329 e. The second-order valence-electron chi connectivity index (χ2n) is 10.5. The molecule has 0 N–H and O–H groups in total. The number of hydrogen-bond acceptors (Lipinski definition) is 5. The second-order valence-corrected chi connectivity index (χ2v) is 10.5. The summed E-state index contributed by atoms with van der Waals surface area (Å²) in [5.41, 5.74) is 3.96. The number of benzene rings is 4. The highest BCUT2D eigenvalue weighted by atomic mass is 16.6. The van der Waals surface area contributed by atoms with Crippen molar-refractivity contribution in [1.82, 2.24) is 14.5 Å². The van der Waals surface area contributed by atoms with Crippen LogP contribution in [0, 0.1) is 10.1 Å². The summed E-state index contributed by atoms with van der Waals surface area (Å²) in [7, 11) is 0. The van der Waals surface area contributed by atoms with E-state index < -0.39 is 11.0 Å². The van der Waals surface area contributed by atoms with Gasteiger partial charge in [-0.15, -0.1) is 0 Å². The minimum atomic E-state index is -0.518. The van der Waals surface area contributed by atoms with Crippen molar-refractivity contribution in [1.29, 1.82) is 0 Å². The molecule has 1 atom stereocenters. The fraction of sp³-hybridized carbons (Fsp3) is 0.194. The molecule has 1 amide bonds. The molecule has 1 aromatic heterocycles. The summed E-state index contributed by atoms with van der Waals surface area (Å²) in [5.74, 6) is 0.243. The third-order valence-corrected chi connectivity index (χ3v) is 7.75. The smallest absolute Gasteiger partial charge is 0.269 e. The van der Waals surface area contributed by atoms with Gasteiger partial charge in [0.15, 0.2) is 0 Å². The molecule has 44 heavy (non-hydrogen) atoms. The van der Waals surface area contributed by atoms with Crippen LogP contribution >= 0.6 is 0 Å². The molecule has 0 radical (unpaired) electrons. The number of aryl methyl sites for hydroxylation is 1. The van der Waals surface area contributed by atoms with Gasteiger partial charge in [-0.05, 0) is 78.4 Å². The molecule has 0 aliphatic rings. The number of nitrogens with zero attached hydrogens (tertiary/aromatic N) is 4. The van der Waals surface area contributed by atoms with E-state index in [0.29, 0.717) is 47.4 Å². The van der Waals surface area contributed by atoms with E-state index in [9.17, 15) is 19.7 Å². The summed E-state index contributed by atoms with van der Waals surface area (Å²) < 4.78 is 1.64. The van der Waals surface area contributed by atoms with Crippen molar-refractivity contribution in [3.63, 3.8) is 0 Å². The Labute approximate surface area is 256 Å². The minimum absolute atomic E-state index is 0.0173. The molecule has 0 saturated carbocycles. The Morgan fingerprint density at radius 1 is 0.909 bits per heavy atom. The van der Waals surface area contributed by atoms with Crippen LogP contribution in [0.4, 0.5) is 5.69 Å². The summed E-state index contributed by atoms with van der Waals surface area (Å²) in [6, 6.07) is 30.6. The van der Waals surface area contributed by atoms with E-state index in [0.717, 1.165) is 17.5 Å². The standard InChI is InChI=1S/C36H34N4O4/c1-3-26-14-19-29(20-15-26)39-35(37-32-13-9-8-12-31(32)36(39)42)33(4-2)38(25-24-27-10-6-5-7-11-27)34(41)23-18-28-16-21-30(22-17-28)40(43)44/h5-23,33H,3-4,24-25H2,1-2H3/b23-18+. The summed E-state index contributed by atoms with van der Waals surface area (Å²) >= 11 is 0. The van der Waals surface area contributed by atoms with Gasteiger partial charge in [-0.1, -0.05) is 68.4 Å². The Hall–Kier alpha value is -5.37. The number of hydrogen-bond donors (Lipinski definition) is 0. The average molecular weight is 587 g/mol. The highest BCUT2D eigenvalue weighted by Crippen LogP contribution is 2.27. The van der Waals surface area contributed by atoms with Crippen LogP contribution in [-0.2, 0) is 17.6 Å². The third kappa shape index (κ3) is 6.65. The molecule has 4 aromatic carbocycles. The lowest BCUT2D eigenvalue weighted by molar-refractivity contribution is -0.384. The van der Waals surface area contributed by atoms with Crippen LogP contribution < -0.4 is 5.56 Å². The van der Waals surface area contributed by atoms with Gasteiger partial charge in [0.25, 0.3) is 11.2 Å². The number of carbonyl (C=O) groups is 1. The Bertz CT molecular complexity index is 1850. The quantitative estimate of drug-likeness (QED) is 0.0935. The fourth-order valence-corrected chi connectivity index (χ4v) is 5.33. The van der Waals surface area contributed by atoms with E-state index in [2.05, 4.69) is 6.92 Å². The van der Waals surface area contributed by atoms with Crippen molar-refractivity contribution in [2.75, 3.05) is 6.54 Å². The van der Waals surface area contributed by atoms with Crippen LogP contribution in [0.15, 0.2) is 114 Å². The number of nitro benzene ring substituents is 1. The topological polar surface area (TPSA) is 98.3 Å². The van der Waals surface area contributed by atoms with Crippen LogP contribution in [0.5, 0.6) is 0 Å². The maximum atomic E-state index is 14.0. The third-order valence-electron chi connectivity index (χ3n) is 7.75. The fourth-order valence-electron chi connectivity index (χ4n) is 5.33. The van der Waals surface area contributed by atoms with Gasteiger partial charge >= 0.3 is 0 Å². The van der Waals surface area contributed by atoms with E-state index in [1.807, 2.05) is 79.7 Å². The zero-order valence-electron chi connectivity index (χ0n) is 24.8. The Morgan fingerprint density at radius 2 is 1.59 bits per heavy atom. The summed E-state index contributed by atoms with van der Waals surface area (Å²) in [5, 5.41) is 11.6. The molecule has 0 bridgehead atoms. The monoisotopic (exact) mass is 586 g/mol. The van der Waals surface area contributed by atoms with Gasteiger partial charge in [-0.25, -0.2) is 4.98 Å². The van der Waals surface area contributed by atoms with Crippen molar-refractivity contribution < 1.29 is 9.72 Å². The first-order valence-corrected chi connectivity index (χ1v) is 14.8. The van der Waals surface area contributed by atoms with Crippen molar-refractivity contribution in [2.24, 2.45) is 0 Å². The highest BCUT2D eigenvalue weighted by Gasteiger charge is 2.28. The van der Waals surface area contributed by atoms with E-state index in [1.165, 1.54) is 18.2 Å². The highest BCUT2D eigenvalue weighted by molar-refractivity contribution is 5.92. The Morgan fingerprint density at radius 3 is 2.25 bits per heavy atom.